The first kappa shape index (κ1) is 17.5. The zero-order valence-electron chi connectivity index (χ0n) is 13.7. The zero-order valence-corrected chi connectivity index (χ0v) is 13.7. The van der Waals surface area contributed by atoms with Crippen molar-refractivity contribution in [3.05, 3.63) is 65.7 Å². The Morgan fingerprint density at radius 1 is 1.00 bits per heavy atom. The third-order valence-electron chi connectivity index (χ3n) is 3.27. The number of amides is 1. The van der Waals surface area contributed by atoms with Gasteiger partial charge in [0.05, 0.1) is 13.0 Å². The van der Waals surface area contributed by atoms with Crippen LogP contribution in [0.1, 0.15) is 11.1 Å². The molecule has 0 aliphatic rings. The molecule has 2 rings (SSSR count). The number of esters is 1. The Kier molecular flexibility index (Phi) is 6.83. The van der Waals surface area contributed by atoms with Crippen molar-refractivity contribution in [2.75, 3.05) is 19.8 Å². The van der Waals surface area contributed by atoms with Crippen molar-refractivity contribution in [2.24, 2.45) is 0 Å². The Hall–Kier alpha value is -2.82. The fourth-order valence-electron chi connectivity index (χ4n) is 2.00. The highest BCUT2D eigenvalue weighted by Gasteiger charge is 2.08. The van der Waals surface area contributed by atoms with Crippen molar-refractivity contribution in [1.82, 2.24) is 5.32 Å². The van der Waals surface area contributed by atoms with Gasteiger partial charge in [-0.05, 0) is 24.6 Å². The van der Waals surface area contributed by atoms with Crippen molar-refractivity contribution < 1.29 is 19.1 Å². The van der Waals surface area contributed by atoms with Gasteiger partial charge in [-0.2, -0.15) is 0 Å². The average Bonchev–Trinajstić information content (AvgIpc) is 2.60. The molecule has 0 aliphatic carbocycles. The highest BCUT2D eigenvalue weighted by molar-refractivity contribution is 5.81. The highest BCUT2D eigenvalue weighted by atomic mass is 16.5. The van der Waals surface area contributed by atoms with Gasteiger partial charge in [-0.1, -0.05) is 48.0 Å². The monoisotopic (exact) mass is 327 g/mol. The van der Waals surface area contributed by atoms with E-state index in [0.29, 0.717) is 13.2 Å². The maximum Gasteiger partial charge on any atom is 0.310 e. The molecule has 1 amide bonds. The standard InChI is InChI=1S/C19H21NO4/c1-15-7-9-16(10-8-15)13-19(22)24-14-18(21)20-11-12-23-17-5-3-2-4-6-17/h2-10H,11-14H2,1H3,(H,20,21). The van der Waals surface area contributed by atoms with Crippen molar-refractivity contribution >= 4 is 11.9 Å². The Labute approximate surface area is 141 Å². The molecule has 0 spiro atoms. The van der Waals surface area contributed by atoms with Gasteiger partial charge in [0.1, 0.15) is 12.4 Å². The number of ether oxygens (including phenoxy) is 2. The van der Waals surface area contributed by atoms with Crippen LogP contribution in [0, 0.1) is 6.92 Å². The van der Waals surface area contributed by atoms with Gasteiger partial charge in [-0.3, -0.25) is 9.59 Å². The lowest BCUT2D eigenvalue weighted by molar-refractivity contribution is -0.147. The Morgan fingerprint density at radius 2 is 1.71 bits per heavy atom. The summed E-state index contributed by atoms with van der Waals surface area (Å²) in [4.78, 5) is 23.3. The van der Waals surface area contributed by atoms with E-state index in [1.807, 2.05) is 61.5 Å². The second-order valence-corrected chi connectivity index (χ2v) is 5.33. The fraction of sp³-hybridized carbons (Fsp3) is 0.263. The van der Waals surface area contributed by atoms with Crippen LogP contribution in [-0.4, -0.2) is 31.6 Å². The van der Waals surface area contributed by atoms with E-state index in [4.69, 9.17) is 9.47 Å². The van der Waals surface area contributed by atoms with Gasteiger partial charge in [0.2, 0.25) is 0 Å². The minimum Gasteiger partial charge on any atom is -0.492 e. The lowest BCUT2D eigenvalue weighted by Gasteiger charge is -2.08. The third-order valence-corrected chi connectivity index (χ3v) is 3.27. The van der Waals surface area contributed by atoms with Crippen LogP contribution in [0.3, 0.4) is 0 Å². The van der Waals surface area contributed by atoms with Gasteiger partial charge in [0.15, 0.2) is 6.61 Å². The first-order valence-electron chi connectivity index (χ1n) is 7.79. The Balaban J connectivity index is 1.58. The summed E-state index contributed by atoms with van der Waals surface area (Å²) in [6.07, 6.45) is 0.157. The van der Waals surface area contributed by atoms with Gasteiger partial charge < -0.3 is 14.8 Å². The average molecular weight is 327 g/mol. The van der Waals surface area contributed by atoms with Crippen LogP contribution in [0.5, 0.6) is 5.75 Å². The number of aryl methyl sites for hydroxylation is 1. The molecular weight excluding hydrogens is 306 g/mol. The summed E-state index contributed by atoms with van der Waals surface area (Å²) < 4.78 is 10.4. The summed E-state index contributed by atoms with van der Waals surface area (Å²) in [7, 11) is 0. The van der Waals surface area contributed by atoms with Gasteiger partial charge in [-0.25, -0.2) is 0 Å². The molecule has 2 aromatic rings. The van der Waals surface area contributed by atoms with E-state index in [1.165, 1.54) is 0 Å². The maximum absolute atomic E-state index is 11.7. The topological polar surface area (TPSA) is 64.6 Å². The third kappa shape index (κ3) is 6.52. The second-order valence-electron chi connectivity index (χ2n) is 5.33. The molecule has 2 aromatic carbocycles. The Bertz CT molecular complexity index is 653. The molecule has 24 heavy (non-hydrogen) atoms. The molecule has 0 bridgehead atoms. The Morgan fingerprint density at radius 3 is 2.42 bits per heavy atom. The van der Waals surface area contributed by atoms with Crippen molar-refractivity contribution in [1.29, 1.82) is 0 Å². The van der Waals surface area contributed by atoms with E-state index in [0.717, 1.165) is 16.9 Å². The number of rotatable bonds is 8. The molecule has 0 fully saturated rings. The number of hydrogen-bond acceptors (Lipinski definition) is 4. The molecule has 0 aliphatic heterocycles. The molecule has 126 valence electrons. The van der Waals surface area contributed by atoms with Crippen LogP contribution in [-0.2, 0) is 20.7 Å². The van der Waals surface area contributed by atoms with Gasteiger partial charge in [0.25, 0.3) is 5.91 Å². The zero-order chi connectivity index (χ0) is 17.2. The predicted molar refractivity (Wildman–Crippen MR) is 90.8 cm³/mol. The van der Waals surface area contributed by atoms with Gasteiger partial charge in [-0.15, -0.1) is 0 Å². The van der Waals surface area contributed by atoms with Crippen LogP contribution in [0.2, 0.25) is 0 Å². The number of hydrogen-bond donors (Lipinski definition) is 1. The lowest BCUT2D eigenvalue weighted by atomic mass is 10.1. The molecule has 0 saturated heterocycles. The molecule has 0 saturated carbocycles. The normalized spacial score (nSPS) is 10.0. The lowest BCUT2D eigenvalue weighted by Crippen LogP contribution is -2.32. The summed E-state index contributed by atoms with van der Waals surface area (Å²) in [5, 5.41) is 2.64. The van der Waals surface area contributed by atoms with Crippen LogP contribution in [0.25, 0.3) is 0 Å². The minimum atomic E-state index is -0.422. The summed E-state index contributed by atoms with van der Waals surface area (Å²) in [5.74, 6) is -0.0188. The predicted octanol–water partition coefficient (Wildman–Crippen LogP) is 2.28. The van der Waals surface area contributed by atoms with Gasteiger partial charge in [0, 0.05) is 0 Å². The summed E-state index contributed by atoms with van der Waals surface area (Å²) in [5.41, 5.74) is 1.99. The number of nitrogens with one attached hydrogen (secondary N) is 1. The molecule has 1 N–H and O–H groups in total. The van der Waals surface area contributed by atoms with E-state index < -0.39 is 5.97 Å². The van der Waals surface area contributed by atoms with E-state index >= 15 is 0 Å². The summed E-state index contributed by atoms with van der Waals surface area (Å²) in [6.45, 7) is 2.40. The minimum absolute atomic E-state index is 0.157. The van der Waals surface area contributed by atoms with E-state index in [-0.39, 0.29) is 18.9 Å². The molecule has 0 radical (unpaired) electrons. The van der Waals surface area contributed by atoms with Crippen LogP contribution < -0.4 is 10.1 Å². The van der Waals surface area contributed by atoms with E-state index in [9.17, 15) is 9.59 Å². The number of carbonyl (C=O) groups is 2. The first-order chi connectivity index (χ1) is 11.6. The molecule has 0 heterocycles. The second kappa shape index (κ2) is 9.35. The van der Waals surface area contributed by atoms with E-state index in [1.54, 1.807) is 0 Å². The van der Waals surface area contributed by atoms with Crippen LogP contribution in [0.15, 0.2) is 54.6 Å². The number of benzene rings is 2. The molecule has 0 aromatic heterocycles. The molecule has 5 heteroatoms. The fourth-order valence-corrected chi connectivity index (χ4v) is 2.00. The number of carbonyl (C=O) groups excluding carboxylic acids is 2. The van der Waals surface area contributed by atoms with E-state index in [2.05, 4.69) is 5.32 Å². The summed E-state index contributed by atoms with van der Waals surface area (Å²) >= 11 is 0. The molecule has 0 atom stereocenters. The summed E-state index contributed by atoms with van der Waals surface area (Å²) in [6, 6.07) is 16.9. The number of para-hydroxylation sites is 1. The largest absolute Gasteiger partial charge is 0.492 e. The molecular formula is C19H21NO4. The molecule has 0 unspecified atom stereocenters. The highest BCUT2D eigenvalue weighted by Crippen LogP contribution is 2.07. The van der Waals surface area contributed by atoms with Crippen molar-refractivity contribution in [2.45, 2.75) is 13.3 Å². The smallest absolute Gasteiger partial charge is 0.310 e. The van der Waals surface area contributed by atoms with Crippen LogP contribution in [0.4, 0.5) is 0 Å². The quantitative estimate of drug-likeness (QED) is 0.597. The van der Waals surface area contributed by atoms with Crippen molar-refractivity contribution in [3.8, 4) is 5.75 Å². The van der Waals surface area contributed by atoms with Crippen molar-refractivity contribution in [3.63, 3.8) is 0 Å². The molecule has 5 nitrogen and oxygen atoms in total. The SMILES string of the molecule is Cc1ccc(CC(=O)OCC(=O)NCCOc2ccccc2)cc1. The van der Waals surface area contributed by atoms with Gasteiger partial charge >= 0.3 is 5.97 Å². The maximum atomic E-state index is 11.7. The van der Waals surface area contributed by atoms with Crippen LogP contribution >= 0.6 is 0 Å². The first-order valence-corrected chi connectivity index (χ1v) is 7.79.